The molecule has 8 aromatic heterocycles. The molecule has 3 aromatic carbocycles. The lowest BCUT2D eigenvalue weighted by molar-refractivity contribution is -0.119. The third-order valence-corrected chi connectivity index (χ3v) is 22.4. The first-order chi connectivity index (χ1) is 52.4. The molecule has 0 unspecified atom stereocenters. The molecule has 28 nitrogen and oxygen atoms in total. The van der Waals surface area contributed by atoms with Gasteiger partial charge in [0.2, 0.25) is 50.4 Å². The van der Waals surface area contributed by atoms with E-state index in [1.54, 1.807) is 87.2 Å². The highest BCUT2D eigenvalue weighted by Crippen LogP contribution is 2.39. The molecule has 0 saturated carbocycles. The molecule has 14 rings (SSSR count). The van der Waals surface area contributed by atoms with Crippen LogP contribution in [0.5, 0.6) is 17.6 Å². The van der Waals surface area contributed by atoms with E-state index in [-0.39, 0.29) is 73.6 Å². The molecule has 33 heteroatoms. The molecule has 0 saturated heterocycles. The smallest absolute Gasteiger partial charge is 0.286 e. The second-order valence-corrected chi connectivity index (χ2v) is 34.0. The standard InChI is InChI=1S/C27H32FN5O5S.C26H27N5O4S.C25H22FN5O4S/c1-15(2)18-10-16(3)11-19-17-8-9-29-22(12-17)38-14-27(4,5)33-24(26(35)32(6)7)23(28)25(30-33)39(36,37)31-21(34)13-20(18)19;1-16(2)18-7-5-8-19-17-10-12-27-23(13-17)35-15-26(3,4)31-24-20(9-6-11-28-24)25(29-31)36(33,34)30-22(32)14-21(18)19;1-15(2)18-6-3-7-19-16-8-10-27-23(11-16)35-14-17-5-4-9-28-24(17)31-13-21(26)25(29-31)36(33,34)30-22(32)12-20(18)19/h8-12,15H,13-14H2,1-7H3,(H,31,34);5-13,16H,14-15H2,1-4H3,(H,30,32);3-11,13,15H,12,14H2,1-2H3,(H,30,32). The Balaban J connectivity index is 0.000000155. The Morgan fingerprint density at radius 2 is 0.973 bits per heavy atom. The van der Waals surface area contributed by atoms with Crippen molar-refractivity contribution in [3.63, 3.8) is 0 Å². The lowest BCUT2D eigenvalue weighted by atomic mass is 9.87. The largest absolute Gasteiger partial charge is 0.475 e. The SMILES string of the molecule is CC(C)c1cccc2c1CC(=O)NS(=O)(=O)c1nn(c3ncccc13)C(C)(C)COc1cc-2ccn1.CC(C)c1cccc2c1CC(=O)NS(=O)(=O)c1nn(cc1F)-c1ncccc1COc1cc-2ccn1.Cc1cc2c(c(C(C)C)c1)CC(=O)NS(=O)(=O)c1nn(c(C(=O)N(C)C)c1F)C(C)(C)COc1cc-2ccn1. The predicted molar refractivity (Wildman–Crippen MR) is 406 cm³/mol. The number of sulfonamides is 3. The third-order valence-electron chi connectivity index (χ3n) is 18.6. The molecule has 3 aliphatic rings. The van der Waals surface area contributed by atoms with Crippen molar-refractivity contribution in [2.75, 3.05) is 27.3 Å². The maximum Gasteiger partial charge on any atom is 0.286 e. The van der Waals surface area contributed by atoms with Gasteiger partial charge in [-0.05, 0) is 156 Å². The van der Waals surface area contributed by atoms with Gasteiger partial charge >= 0.3 is 0 Å². The first-order valence-corrected chi connectivity index (χ1v) is 39.7. The number of nitrogens with zero attached hydrogens (tertiary/aromatic N) is 12. The molecule has 3 aliphatic heterocycles. The lowest BCUT2D eigenvalue weighted by Crippen LogP contribution is -2.39. The van der Waals surface area contributed by atoms with Gasteiger partial charge in [0.15, 0.2) is 28.8 Å². The molecule has 0 atom stereocenters. The van der Waals surface area contributed by atoms with Crippen LogP contribution in [0.1, 0.15) is 142 Å². The van der Waals surface area contributed by atoms with Crippen molar-refractivity contribution >= 4 is 64.7 Å². The number of carbonyl (C=O) groups excluding carboxylic acids is 4. The van der Waals surface area contributed by atoms with Crippen molar-refractivity contribution in [1.82, 2.24) is 73.3 Å². The monoisotopic (exact) mass is 1570 g/mol. The summed E-state index contributed by atoms with van der Waals surface area (Å²) in [5, 5.41) is 10.4. The van der Waals surface area contributed by atoms with E-state index in [1.807, 2.05) is 132 Å². The van der Waals surface area contributed by atoms with Crippen molar-refractivity contribution in [3.8, 4) is 56.8 Å². The Bertz CT molecular complexity index is 5880. The fourth-order valence-corrected chi connectivity index (χ4v) is 16.3. The molecule has 0 fully saturated rings. The Labute approximate surface area is 640 Å². The molecule has 0 spiro atoms. The first kappa shape index (κ1) is 78.9. The van der Waals surface area contributed by atoms with Crippen LogP contribution in [0.2, 0.25) is 0 Å². The highest BCUT2D eigenvalue weighted by molar-refractivity contribution is 7.90. The van der Waals surface area contributed by atoms with E-state index in [0.29, 0.717) is 39.5 Å². The van der Waals surface area contributed by atoms with Crippen molar-refractivity contribution in [1.29, 1.82) is 0 Å². The van der Waals surface area contributed by atoms with E-state index in [9.17, 15) is 48.8 Å². The van der Waals surface area contributed by atoms with Crippen LogP contribution in [0, 0.1) is 18.6 Å². The zero-order valence-corrected chi connectivity index (χ0v) is 65.4. The van der Waals surface area contributed by atoms with Gasteiger partial charge in [0.1, 0.15) is 19.8 Å². The molecule has 11 heterocycles. The maximum atomic E-state index is 15.7. The lowest BCUT2D eigenvalue weighted by Gasteiger charge is -2.27. The number of hydrogen-bond acceptors (Lipinski definition) is 21. The summed E-state index contributed by atoms with van der Waals surface area (Å²) in [4.78, 5) is 75.0. The summed E-state index contributed by atoms with van der Waals surface area (Å²) in [6, 6.07) is 32.7. The van der Waals surface area contributed by atoms with Gasteiger partial charge in [-0.1, -0.05) is 102 Å². The molecule has 4 amide bonds. The van der Waals surface area contributed by atoms with Gasteiger partial charge in [0.25, 0.3) is 36.0 Å². The van der Waals surface area contributed by atoms with Gasteiger partial charge in [-0.15, -0.1) is 5.10 Å². The summed E-state index contributed by atoms with van der Waals surface area (Å²) in [5.74, 6) is -4.18. The quantitative estimate of drug-likeness (QED) is 0.147. The molecular formula is C78H81F2N15O13S3. The van der Waals surface area contributed by atoms with Crippen LogP contribution < -0.4 is 28.4 Å². The van der Waals surface area contributed by atoms with Gasteiger partial charge in [-0.25, -0.2) is 61.9 Å². The van der Waals surface area contributed by atoms with E-state index in [0.717, 1.165) is 81.7 Å². The van der Waals surface area contributed by atoms with Crippen LogP contribution in [-0.4, -0.2) is 135 Å². The van der Waals surface area contributed by atoms with Gasteiger partial charge < -0.3 is 19.1 Å². The Morgan fingerprint density at radius 3 is 1.50 bits per heavy atom. The average molecular weight is 1570 g/mol. The summed E-state index contributed by atoms with van der Waals surface area (Å²) in [6.45, 7) is 21.0. The van der Waals surface area contributed by atoms with Gasteiger partial charge in [-0.3, -0.25) is 19.2 Å². The summed E-state index contributed by atoms with van der Waals surface area (Å²) in [5.41, 5.74) is 8.69. The topological polar surface area (TPSA) is 356 Å². The second-order valence-electron chi connectivity index (χ2n) is 29.2. The molecule has 0 aliphatic carbocycles. The number of rotatable bonds is 4. The number of amides is 4. The summed E-state index contributed by atoms with van der Waals surface area (Å²) in [6.07, 6.45) is 8.12. The fraction of sp³-hybridized carbons (Fsp3) is 0.308. The number of pyridine rings is 5. The highest BCUT2D eigenvalue weighted by atomic mass is 32.2. The van der Waals surface area contributed by atoms with Crippen molar-refractivity contribution < 1.29 is 67.4 Å². The minimum absolute atomic E-state index is 0.0243. The number of aromatic nitrogens is 11. The Kier molecular flexibility index (Phi) is 22.0. The molecular weight excluding hydrogens is 1490 g/mol. The summed E-state index contributed by atoms with van der Waals surface area (Å²) in [7, 11) is -10.8. The van der Waals surface area contributed by atoms with Gasteiger partial charge in [0, 0.05) is 68.8 Å². The third kappa shape index (κ3) is 16.6. The molecule has 3 N–H and O–H groups in total. The molecule has 12 bridgehead atoms. The van der Waals surface area contributed by atoms with E-state index in [4.69, 9.17) is 14.2 Å². The molecule has 0 radical (unpaired) electrons. The van der Waals surface area contributed by atoms with E-state index in [1.165, 1.54) is 25.0 Å². The van der Waals surface area contributed by atoms with Crippen LogP contribution >= 0.6 is 0 Å². The highest BCUT2D eigenvalue weighted by Gasteiger charge is 2.40. The number of halogens is 2. The van der Waals surface area contributed by atoms with E-state index < -0.39 is 92.2 Å². The minimum atomic E-state index is -4.78. The Hall–Kier alpha value is -11.7. The Morgan fingerprint density at radius 1 is 0.514 bits per heavy atom. The van der Waals surface area contributed by atoms with E-state index in [2.05, 4.69) is 44.9 Å². The normalized spacial score (nSPS) is 16.1. The zero-order chi connectivity index (χ0) is 80.0. The summed E-state index contributed by atoms with van der Waals surface area (Å²) < 4.78 is 137. The number of aryl methyl sites for hydroxylation is 1. The second kappa shape index (κ2) is 31.0. The van der Waals surface area contributed by atoms with Crippen LogP contribution in [0.25, 0.3) is 50.2 Å². The number of nitrogens with one attached hydrogen (secondary N) is 3. The van der Waals surface area contributed by atoms with Crippen LogP contribution in [0.15, 0.2) is 161 Å². The first-order valence-electron chi connectivity index (χ1n) is 35.3. The summed E-state index contributed by atoms with van der Waals surface area (Å²) >= 11 is 0. The van der Waals surface area contributed by atoms with Crippen LogP contribution in [0.4, 0.5) is 8.78 Å². The van der Waals surface area contributed by atoms with E-state index >= 15 is 4.39 Å². The zero-order valence-electron chi connectivity index (χ0n) is 63.0. The fourth-order valence-electron chi connectivity index (χ4n) is 13.3. The maximum absolute atomic E-state index is 15.7. The number of ether oxygens (including phenoxy) is 3. The van der Waals surface area contributed by atoms with Crippen molar-refractivity contribution in [3.05, 3.63) is 208 Å². The number of hydrogen-bond donors (Lipinski definition) is 3. The number of benzene rings is 3. The number of carbonyl (C=O) groups is 4. The van der Waals surface area contributed by atoms with Crippen molar-refractivity contribution in [2.24, 2.45) is 0 Å². The predicted octanol–water partition coefficient (Wildman–Crippen LogP) is 10.7. The molecule has 11 aromatic rings. The minimum Gasteiger partial charge on any atom is -0.475 e. The van der Waals surface area contributed by atoms with Crippen LogP contribution in [-0.2, 0) is 81.4 Å². The number of fused-ring (bicyclic) bond motifs is 23. The van der Waals surface area contributed by atoms with Gasteiger partial charge in [0.05, 0.1) is 41.9 Å². The van der Waals surface area contributed by atoms with Gasteiger partial charge in [-0.2, -0.15) is 35.5 Å². The average Bonchev–Trinajstić information content (AvgIpc) is 1.62. The van der Waals surface area contributed by atoms with Crippen LogP contribution in [0.3, 0.4) is 0 Å². The molecule has 111 heavy (non-hydrogen) atoms. The molecule has 578 valence electrons. The van der Waals surface area contributed by atoms with Crippen molar-refractivity contribution in [2.45, 2.75) is 146 Å².